The zero-order chi connectivity index (χ0) is 13.8. The van der Waals surface area contributed by atoms with Gasteiger partial charge in [-0.05, 0) is 25.8 Å². The predicted molar refractivity (Wildman–Crippen MR) is 73.2 cm³/mol. The molecule has 1 fully saturated rings. The molecular weight excluding hydrogens is 243 g/mol. The van der Waals surface area contributed by atoms with Crippen LogP contribution in [0.2, 0.25) is 0 Å². The molecule has 2 rings (SSSR count). The zero-order valence-corrected chi connectivity index (χ0v) is 11.5. The molecule has 19 heavy (non-hydrogen) atoms. The van der Waals surface area contributed by atoms with Crippen LogP contribution in [0.25, 0.3) is 0 Å². The molecule has 0 heterocycles. The lowest BCUT2D eigenvalue weighted by Crippen LogP contribution is -2.32. The van der Waals surface area contributed by atoms with Gasteiger partial charge in [-0.25, -0.2) is 4.39 Å². The van der Waals surface area contributed by atoms with Crippen LogP contribution in [0.3, 0.4) is 0 Å². The first kappa shape index (κ1) is 14.0. The summed E-state index contributed by atoms with van der Waals surface area (Å²) < 4.78 is 13.7. The minimum atomic E-state index is -0.259. The largest absolute Gasteiger partial charge is 0.339 e. The molecule has 0 saturated heterocycles. The quantitative estimate of drug-likeness (QED) is 0.856. The van der Waals surface area contributed by atoms with Gasteiger partial charge in [-0.15, -0.1) is 0 Å². The standard InChI is InChI=1S/C15H21FN2O/c1-11(13-5-3-4-6-14(13)16)18(2)15(19)9-10-17-12-7-8-12/h3-6,11-12,17H,7-10H2,1-2H3. The van der Waals surface area contributed by atoms with E-state index in [0.29, 0.717) is 24.6 Å². The molecule has 1 aromatic carbocycles. The molecule has 0 radical (unpaired) electrons. The Balaban J connectivity index is 1.88. The number of nitrogens with zero attached hydrogens (tertiary/aromatic N) is 1. The number of halogens is 1. The normalized spacial score (nSPS) is 16.2. The van der Waals surface area contributed by atoms with Gasteiger partial charge in [0.1, 0.15) is 5.82 Å². The first-order valence-electron chi connectivity index (χ1n) is 6.83. The van der Waals surface area contributed by atoms with Crippen molar-refractivity contribution < 1.29 is 9.18 Å². The van der Waals surface area contributed by atoms with Crippen molar-refractivity contribution in [2.75, 3.05) is 13.6 Å². The van der Waals surface area contributed by atoms with E-state index in [1.54, 1.807) is 30.1 Å². The van der Waals surface area contributed by atoms with Crippen LogP contribution in [0.5, 0.6) is 0 Å². The van der Waals surface area contributed by atoms with Gasteiger partial charge in [0.25, 0.3) is 0 Å². The van der Waals surface area contributed by atoms with E-state index in [2.05, 4.69) is 5.32 Å². The number of hydrogen-bond acceptors (Lipinski definition) is 2. The SMILES string of the molecule is CC(c1ccccc1F)N(C)C(=O)CCNC1CC1. The average molecular weight is 264 g/mol. The maximum Gasteiger partial charge on any atom is 0.224 e. The van der Waals surface area contributed by atoms with Crippen LogP contribution in [0.15, 0.2) is 24.3 Å². The van der Waals surface area contributed by atoms with Gasteiger partial charge in [0.05, 0.1) is 6.04 Å². The summed E-state index contributed by atoms with van der Waals surface area (Å²) in [5.41, 5.74) is 0.563. The number of carbonyl (C=O) groups excluding carboxylic acids is 1. The van der Waals surface area contributed by atoms with Gasteiger partial charge in [-0.2, -0.15) is 0 Å². The minimum absolute atomic E-state index is 0.0453. The van der Waals surface area contributed by atoms with Gasteiger partial charge in [0.2, 0.25) is 5.91 Å². The van der Waals surface area contributed by atoms with Crippen LogP contribution in [0.4, 0.5) is 4.39 Å². The molecule has 1 aromatic rings. The average Bonchev–Trinajstić information content (AvgIpc) is 3.21. The van der Waals surface area contributed by atoms with Gasteiger partial charge in [-0.1, -0.05) is 18.2 Å². The monoisotopic (exact) mass is 264 g/mol. The molecule has 0 spiro atoms. The molecule has 3 nitrogen and oxygen atoms in total. The van der Waals surface area contributed by atoms with Crippen LogP contribution >= 0.6 is 0 Å². The second-order valence-electron chi connectivity index (χ2n) is 5.18. The highest BCUT2D eigenvalue weighted by molar-refractivity contribution is 5.76. The van der Waals surface area contributed by atoms with Gasteiger partial charge in [-0.3, -0.25) is 4.79 Å². The molecule has 1 amide bonds. The first-order chi connectivity index (χ1) is 9.09. The molecule has 104 valence electrons. The molecule has 0 bridgehead atoms. The summed E-state index contributed by atoms with van der Waals surface area (Å²) in [6, 6.07) is 6.98. The Bertz CT molecular complexity index is 446. The topological polar surface area (TPSA) is 32.3 Å². The molecule has 1 saturated carbocycles. The highest BCUT2D eigenvalue weighted by Crippen LogP contribution is 2.22. The van der Waals surface area contributed by atoms with E-state index < -0.39 is 0 Å². The summed E-state index contributed by atoms with van der Waals surface area (Å²) in [5.74, 6) is -0.213. The van der Waals surface area contributed by atoms with Gasteiger partial charge >= 0.3 is 0 Å². The number of rotatable bonds is 6. The molecule has 1 atom stereocenters. The van der Waals surface area contributed by atoms with E-state index >= 15 is 0 Å². The van der Waals surface area contributed by atoms with Crippen molar-refractivity contribution in [3.05, 3.63) is 35.6 Å². The van der Waals surface area contributed by atoms with Crippen molar-refractivity contribution in [3.8, 4) is 0 Å². The molecule has 1 unspecified atom stereocenters. The van der Waals surface area contributed by atoms with E-state index in [0.717, 1.165) is 0 Å². The number of benzene rings is 1. The van der Waals surface area contributed by atoms with Gasteiger partial charge in [0.15, 0.2) is 0 Å². The fourth-order valence-corrected chi connectivity index (χ4v) is 2.09. The van der Waals surface area contributed by atoms with Crippen LogP contribution in [-0.4, -0.2) is 30.4 Å². The molecule has 1 N–H and O–H groups in total. The third-order valence-electron chi connectivity index (χ3n) is 3.68. The van der Waals surface area contributed by atoms with E-state index in [1.807, 2.05) is 6.92 Å². The van der Waals surface area contributed by atoms with Crippen molar-refractivity contribution in [3.63, 3.8) is 0 Å². The first-order valence-corrected chi connectivity index (χ1v) is 6.83. The summed E-state index contributed by atoms with van der Waals surface area (Å²) in [6.07, 6.45) is 2.90. The predicted octanol–water partition coefficient (Wildman–Crippen LogP) is 2.49. The van der Waals surface area contributed by atoms with E-state index in [1.165, 1.54) is 18.9 Å². The van der Waals surface area contributed by atoms with E-state index in [-0.39, 0.29) is 17.8 Å². The van der Waals surface area contributed by atoms with Gasteiger partial charge in [0, 0.05) is 31.6 Å². The third kappa shape index (κ3) is 3.77. The number of hydrogen-bond donors (Lipinski definition) is 1. The molecule has 1 aliphatic rings. The summed E-state index contributed by atoms with van der Waals surface area (Å²) in [7, 11) is 1.73. The number of carbonyl (C=O) groups is 1. The molecule has 1 aliphatic carbocycles. The highest BCUT2D eigenvalue weighted by Gasteiger charge is 2.22. The van der Waals surface area contributed by atoms with Crippen molar-refractivity contribution in [1.29, 1.82) is 0 Å². The Morgan fingerprint density at radius 1 is 1.47 bits per heavy atom. The zero-order valence-electron chi connectivity index (χ0n) is 11.5. The van der Waals surface area contributed by atoms with Crippen molar-refractivity contribution in [2.24, 2.45) is 0 Å². The van der Waals surface area contributed by atoms with Crippen molar-refractivity contribution >= 4 is 5.91 Å². The molecular formula is C15H21FN2O. The van der Waals surface area contributed by atoms with Crippen LogP contribution in [-0.2, 0) is 4.79 Å². The minimum Gasteiger partial charge on any atom is -0.339 e. The van der Waals surface area contributed by atoms with Crippen LogP contribution in [0, 0.1) is 5.82 Å². The van der Waals surface area contributed by atoms with Crippen LogP contribution < -0.4 is 5.32 Å². The molecule has 0 aliphatic heterocycles. The van der Waals surface area contributed by atoms with Crippen molar-refractivity contribution in [1.82, 2.24) is 10.2 Å². The smallest absolute Gasteiger partial charge is 0.224 e. The Morgan fingerprint density at radius 2 is 2.16 bits per heavy atom. The molecule has 4 heteroatoms. The molecule has 0 aromatic heterocycles. The highest BCUT2D eigenvalue weighted by atomic mass is 19.1. The Morgan fingerprint density at radius 3 is 2.79 bits per heavy atom. The van der Waals surface area contributed by atoms with Gasteiger partial charge < -0.3 is 10.2 Å². The van der Waals surface area contributed by atoms with E-state index in [4.69, 9.17) is 0 Å². The second kappa shape index (κ2) is 6.15. The maximum atomic E-state index is 13.7. The summed E-state index contributed by atoms with van der Waals surface area (Å²) >= 11 is 0. The maximum absolute atomic E-state index is 13.7. The summed E-state index contributed by atoms with van der Waals surface area (Å²) in [5, 5.41) is 3.31. The van der Waals surface area contributed by atoms with Crippen LogP contribution in [0.1, 0.15) is 37.8 Å². The Kier molecular flexibility index (Phi) is 4.53. The third-order valence-corrected chi connectivity index (χ3v) is 3.68. The Labute approximate surface area is 113 Å². The second-order valence-corrected chi connectivity index (χ2v) is 5.18. The lowest BCUT2D eigenvalue weighted by atomic mass is 10.1. The fourth-order valence-electron chi connectivity index (χ4n) is 2.09. The number of amides is 1. The summed E-state index contributed by atoms with van der Waals surface area (Å²) in [6.45, 7) is 2.56. The fraction of sp³-hybridized carbons (Fsp3) is 0.533. The lowest BCUT2D eigenvalue weighted by molar-refractivity contribution is -0.131. The summed E-state index contributed by atoms with van der Waals surface area (Å²) in [4.78, 5) is 13.7. The van der Waals surface area contributed by atoms with Crippen molar-refractivity contribution in [2.45, 2.75) is 38.3 Å². The number of nitrogens with one attached hydrogen (secondary N) is 1. The van der Waals surface area contributed by atoms with E-state index in [9.17, 15) is 9.18 Å². The Hall–Kier alpha value is -1.42. The lowest BCUT2D eigenvalue weighted by Gasteiger charge is -2.25.